The molecule has 4 rings (SSSR count). The molecule has 1 aliphatic rings. The molecule has 0 spiro atoms. The summed E-state index contributed by atoms with van der Waals surface area (Å²) >= 11 is 1.41. The molecule has 134 valence electrons. The summed E-state index contributed by atoms with van der Waals surface area (Å²) in [4.78, 5) is 20.4. The number of aromatic nitrogens is 1. The summed E-state index contributed by atoms with van der Waals surface area (Å²) in [7, 11) is 0. The van der Waals surface area contributed by atoms with E-state index in [4.69, 9.17) is 0 Å². The first-order chi connectivity index (χ1) is 12.5. The summed E-state index contributed by atoms with van der Waals surface area (Å²) in [5, 5.41) is 0.713. The van der Waals surface area contributed by atoms with Crippen molar-refractivity contribution in [2.45, 2.75) is 0 Å². The molecule has 1 aromatic heterocycles. The highest BCUT2D eigenvalue weighted by Crippen LogP contribution is 2.30. The summed E-state index contributed by atoms with van der Waals surface area (Å²) < 4.78 is 40.9. The Bertz CT molecular complexity index is 983. The zero-order chi connectivity index (χ0) is 18.3. The Hall–Kier alpha value is -2.61. The van der Waals surface area contributed by atoms with Crippen molar-refractivity contribution in [3.05, 3.63) is 59.4 Å². The molecule has 1 fully saturated rings. The van der Waals surface area contributed by atoms with Crippen LogP contribution in [-0.2, 0) is 0 Å². The van der Waals surface area contributed by atoms with E-state index in [1.165, 1.54) is 23.5 Å². The second kappa shape index (κ2) is 6.60. The van der Waals surface area contributed by atoms with Gasteiger partial charge in [0.1, 0.15) is 11.3 Å². The number of halogens is 3. The Morgan fingerprint density at radius 3 is 2.42 bits per heavy atom. The Kier molecular flexibility index (Phi) is 4.28. The van der Waals surface area contributed by atoms with Gasteiger partial charge in [-0.25, -0.2) is 18.2 Å². The average molecular weight is 377 g/mol. The van der Waals surface area contributed by atoms with Crippen LogP contribution in [-0.4, -0.2) is 42.0 Å². The number of nitrogens with zero attached hydrogens (tertiary/aromatic N) is 3. The lowest BCUT2D eigenvalue weighted by Gasteiger charge is -2.34. The maximum atomic E-state index is 13.8. The third-order valence-electron chi connectivity index (χ3n) is 4.36. The van der Waals surface area contributed by atoms with Crippen molar-refractivity contribution in [3.63, 3.8) is 0 Å². The predicted octanol–water partition coefficient (Wildman–Crippen LogP) is 3.68. The largest absolute Gasteiger partial charge is 0.345 e. The van der Waals surface area contributed by atoms with Crippen LogP contribution >= 0.6 is 11.3 Å². The lowest BCUT2D eigenvalue weighted by Crippen LogP contribution is -2.48. The Balaban J connectivity index is 1.47. The van der Waals surface area contributed by atoms with E-state index in [0.29, 0.717) is 36.8 Å². The maximum Gasteiger partial charge on any atom is 0.254 e. The minimum atomic E-state index is -1.04. The number of hydrogen-bond donors (Lipinski definition) is 0. The van der Waals surface area contributed by atoms with E-state index in [9.17, 15) is 18.0 Å². The van der Waals surface area contributed by atoms with Gasteiger partial charge in [0.15, 0.2) is 16.8 Å². The first-order valence-electron chi connectivity index (χ1n) is 8.07. The summed E-state index contributed by atoms with van der Waals surface area (Å²) in [6.07, 6.45) is 0. The van der Waals surface area contributed by atoms with Crippen LogP contribution < -0.4 is 4.90 Å². The van der Waals surface area contributed by atoms with Gasteiger partial charge in [0.05, 0.1) is 4.70 Å². The Labute approximate surface area is 151 Å². The molecule has 0 saturated carbocycles. The van der Waals surface area contributed by atoms with E-state index in [-0.39, 0.29) is 17.3 Å². The fraction of sp³-hybridized carbons (Fsp3) is 0.222. The normalized spacial score (nSPS) is 14.9. The zero-order valence-corrected chi connectivity index (χ0v) is 14.4. The van der Waals surface area contributed by atoms with Crippen LogP contribution in [0.15, 0.2) is 36.4 Å². The number of hydrogen-bond acceptors (Lipinski definition) is 4. The van der Waals surface area contributed by atoms with Crippen molar-refractivity contribution in [2.75, 3.05) is 31.1 Å². The molecule has 1 saturated heterocycles. The number of amides is 1. The monoisotopic (exact) mass is 377 g/mol. The van der Waals surface area contributed by atoms with Crippen LogP contribution in [0.4, 0.5) is 18.3 Å². The molecule has 3 aromatic rings. The zero-order valence-electron chi connectivity index (χ0n) is 13.6. The highest BCUT2D eigenvalue weighted by atomic mass is 32.1. The molecule has 1 amide bonds. The first-order valence-corrected chi connectivity index (χ1v) is 8.89. The minimum Gasteiger partial charge on any atom is -0.345 e. The van der Waals surface area contributed by atoms with Crippen LogP contribution in [0.25, 0.3) is 10.2 Å². The Morgan fingerprint density at radius 2 is 1.73 bits per heavy atom. The number of para-hydroxylation sites is 1. The van der Waals surface area contributed by atoms with Gasteiger partial charge in [0.2, 0.25) is 0 Å². The molecule has 0 N–H and O–H groups in total. The molecule has 0 radical (unpaired) electrons. The van der Waals surface area contributed by atoms with Gasteiger partial charge in [-0.15, -0.1) is 0 Å². The number of anilines is 1. The molecule has 2 heterocycles. The molecular formula is C18H14F3N3OS. The van der Waals surface area contributed by atoms with Crippen LogP contribution in [0.1, 0.15) is 10.4 Å². The molecule has 1 aliphatic heterocycles. The number of carbonyl (C=O) groups excluding carboxylic acids is 1. The summed E-state index contributed by atoms with van der Waals surface area (Å²) in [5.41, 5.74) is 0.479. The summed E-state index contributed by atoms with van der Waals surface area (Å²) in [6.45, 7) is 1.93. The second-order valence-corrected chi connectivity index (χ2v) is 7.00. The molecule has 4 nitrogen and oxygen atoms in total. The molecule has 0 unspecified atom stereocenters. The van der Waals surface area contributed by atoms with E-state index in [0.717, 1.165) is 16.8 Å². The number of benzene rings is 2. The van der Waals surface area contributed by atoms with Gasteiger partial charge >= 0.3 is 0 Å². The Morgan fingerprint density at radius 1 is 0.962 bits per heavy atom. The van der Waals surface area contributed by atoms with Crippen LogP contribution in [0.2, 0.25) is 0 Å². The topological polar surface area (TPSA) is 36.4 Å². The quantitative estimate of drug-likeness (QED) is 0.684. The van der Waals surface area contributed by atoms with Gasteiger partial charge in [-0.3, -0.25) is 4.79 Å². The predicted molar refractivity (Wildman–Crippen MR) is 94.1 cm³/mol. The SMILES string of the molecule is O=C(c1ccc(F)c(F)c1)N1CCN(c2nc3c(F)cccc3s2)CC1. The second-order valence-electron chi connectivity index (χ2n) is 5.99. The average Bonchev–Trinajstić information content (AvgIpc) is 3.09. The van der Waals surface area contributed by atoms with Crippen LogP contribution in [0.5, 0.6) is 0 Å². The number of piperazine rings is 1. The van der Waals surface area contributed by atoms with Crippen LogP contribution in [0, 0.1) is 17.5 Å². The number of carbonyl (C=O) groups is 1. The van der Waals surface area contributed by atoms with Crippen molar-refractivity contribution in [1.29, 1.82) is 0 Å². The van der Waals surface area contributed by atoms with Crippen LogP contribution in [0.3, 0.4) is 0 Å². The standard InChI is InChI=1S/C18H14F3N3OS/c19-12-5-4-11(10-14(12)21)17(25)23-6-8-24(9-7-23)18-22-16-13(20)2-1-3-15(16)26-18/h1-5,10H,6-9H2. The molecule has 0 bridgehead atoms. The van der Waals surface area contributed by atoms with E-state index in [2.05, 4.69) is 4.98 Å². The number of fused-ring (bicyclic) bond motifs is 1. The fourth-order valence-electron chi connectivity index (χ4n) is 2.95. The third kappa shape index (κ3) is 3.01. The summed E-state index contributed by atoms with van der Waals surface area (Å²) in [6, 6.07) is 8.00. The maximum absolute atomic E-state index is 13.8. The van der Waals surface area contributed by atoms with Crippen molar-refractivity contribution in [3.8, 4) is 0 Å². The van der Waals surface area contributed by atoms with Gasteiger partial charge in [-0.2, -0.15) is 0 Å². The van der Waals surface area contributed by atoms with E-state index in [1.54, 1.807) is 11.0 Å². The molecule has 8 heteroatoms. The molecule has 0 aliphatic carbocycles. The molecule has 26 heavy (non-hydrogen) atoms. The molecule has 0 atom stereocenters. The third-order valence-corrected chi connectivity index (χ3v) is 5.44. The van der Waals surface area contributed by atoms with E-state index < -0.39 is 11.6 Å². The lowest BCUT2D eigenvalue weighted by molar-refractivity contribution is 0.0746. The number of thiazole rings is 1. The van der Waals surface area contributed by atoms with Crippen molar-refractivity contribution < 1.29 is 18.0 Å². The van der Waals surface area contributed by atoms with E-state index in [1.807, 2.05) is 11.0 Å². The highest BCUT2D eigenvalue weighted by molar-refractivity contribution is 7.22. The highest BCUT2D eigenvalue weighted by Gasteiger charge is 2.24. The van der Waals surface area contributed by atoms with Gasteiger partial charge < -0.3 is 9.80 Å². The summed E-state index contributed by atoms with van der Waals surface area (Å²) in [5.74, 6) is -2.70. The first kappa shape index (κ1) is 16.8. The van der Waals surface area contributed by atoms with Gasteiger partial charge in [0, 0.05) is 31.7 Å². The molecular weight excluding hydrogens is 363 g/mol. The van der Waals surface area contributed by atoms with Gasteiger partial charge in [-0.05, 0) is 30.3 Å². The molecule has 2 aromatic carbocycles. The minimum absolute atomic E-state index is 0.124. The van der Waals surface area contributed by atoms with Gasteiger partial charge in [-0.1, -0.05) is 17.4 Å². The fourth-order valence-corrected chi connectivity index (χ4v) is 3.98. The van der Waals surface area contributed by atoms with Crippen molar-refractivity contribution in [2.24, 2.45) is 0 Å². The van der Waals surface area contributed by atoms with Crippen molar-refractivity contribution in [1.82, 2.24) is 9.88 Å². The smallest absolute Gasteiger partial charge is 0.254 e. The van der Waals surface area contributed by atoms with E-state index >= 15 is 0 Å². The van der Waals surface area contributed by atoms with Gasteiger partial charge in [0.25, 0.3) is 5.91 Å². The van der Waals surface area contributed by atoms with Crippen molar-refractivity contribution >= 4 is 32.6 Å². The lowest BCUT2D eigenvalue weighted by atomic mass is 10.1. The number of rotatable bonds is 2.